The van der Waals surface area contributed by atoms with Gasteiger partial charge >= 0.3 is 0 Å². The van der Waals surface area contributed by atoms with Gasteiger partial charge in [-0.15, -0.1) is 0 Å². The van der Waals surface area contributed by atoms with E-state index in [0.717, 1.165) is 36.4 Å². The molecule has 6 heteroatoms. The lowest BCUT2D eigenvalue weighted by molar-refractivity contribution is -0.119. The van der Waals surface area contributed by atoms with E-state index in [1.54, 1.807) is 6.33 Å². The molecule has 1 amide bonds. The molecule has 1 fully saturated rings. The van der Waals surface area contributed by atoms with Gasteiger partial charge in [-0.1, -0.05) is 0 Å². The summed E-state index contributed by atoms with van der Waals surface area (Å²) in [6.45, 7) is 1.84. The van der Waals surface area contributed by atoms with Crippen LogP contribution in [-0.4, -0.2) is 29.0 Å². The molecule has 1 aromatic rings. The molecule has 0 saturated carbocycles. The lowest BCUT2D eigenvalue weighted by atomic mass is 9.93. The van der Waals surface area contributed by atoms with Crippen LogP contribution in [0.2, 0.25) is 0 Å². The summed E-state index contributed by atoms with van der Waals surface area (Å²) in [5, 5.41) is 0. The minimum Gasteiger partial charge on any atom is -0.370 e. The highest BCUT2D eigenvalue weighted by Crippen LogP contribution is 2.24. The summed E-state index contributed by atoms with van der Waals surface area (Å²) in [6.07, 6.45) is 4.03. The Morgan fingerprint density at radius 1 is 1.47 bits per heavy atom. The first-order valence-electron chi connectivity index (χ1n) is 5.66. The van der Waals surface area contributed by atoms with Crippen LogP contribution in [0.3, 0.4) is 0 Å². The van der Waals surface area contributed by atoms with E-state index in [9.17, 15) is 4.79 Å². The lowest BCUT2D eigenvalue weighted by Gasteiger charge is -2.32. The molecule has 0 aromatic carbocycles. The largest absolute Gasteiger partial charge is 0.370 e. The fourth-order valence-electron chi connectivity index (χ4n) is 2.15. The monoisotopic (exact) mass is 298 g/mol. The van der Waals surface area contributed by atoms with Crippen molar-refractivity contribution in [1.29, 1.82) is 0 Å². The second kappa shape index (κ2) is 5.44. The number of hydrogen-bond acceptors (Lipinski definition) is 4. The van der Waals surface area contributed by atoms with Crippen LogP contribution < -0.4 is 10.6 Å². The number of nitrogens with zero attached hydrogens (tertiary/aromatic N) is 3. The Bertz CT molecular complexity index is 404. The number of carbonyl (C=O) groups is 1. The van der Waals surface area contributed by atoms with Crippen molar-refractivity contribution >= 4 is 27.7 Å². The summed E-state index contributed by atoms with van der Waals surface area (Å²) < 4.78 is 0.793. The van der Waals surface area contributed by atoms with Gasteiger partial charge in [-0.2, -0.15) is 0 Å². The smallest absolute Gasteiger partial charge is 0.217 e. The Hall–Kier alpha value is -1.17. The van der Waals surface area contributed by atoms with Crippen molar-refractivity contribution in [2.45, 2.75) is 19.3 Å². The molecule has 17 heavy (non-hydrogen) atoms. The number of aromatic nitrogens is 2. The molecule has 0 bridgehead atoms. The van der Waals surface area contributed by atoms with Crippen LogP contribution in [-0.2, 0) is 4.79 Å². The predicted octanol–water partition coefficient (Wildman–Crippen LogP) is 1.33. The minimum atomic E-state index is -0.201. The Morgan fingerprint density at radius 2 is 2.18 bits per heavy atom. The van der Waals surface area contributed by atoms with Crippen molar-refractivity contribution in [3.8, 4) is 0 Å². The summed E-state index contributed by atoms with van der Waals surface area (Å²) in [6, 6.07) is 1.91. The number of anilines is 1. The number of rotatable bonds is 3. The molecule has 1 aromatic heterocycles. The van der Waals surface area contributed by atoms with E-state index in [2.05, 4.69) is 30.8 Å². The normalized spacial score (nSPS) is 17.1. The zero-order valence-corrected chi connectivity index (χ0v) is 11.1. The summed E-state index contributed by atoms with van der Waals surface area (Å²) in [5.41, 5.74) is 5.21. The fraction of sp³-hybridized carbons (Fsp3) is 0.545. The Labute approximate surface area is 109 Å². The van der Waals surface area contributed by atoms with Gasteiger partial charge in [0.25, 0.3) is 0 Å². The number of primary amides is 1. The maximum absolute atomic E-state index is 10.8. The predicted molar refractivity (Wildman–Crippen MR) is 68.5 cm³/mol. The minimum absolute atomic E-state index is 0.201. The molecule has 1 aliphatic rings. The zero-order valence-electron chi connectivity index (χ0n) is 9.47. The summed E-state index contributed by atoms with van der Waals surface area (Å²) >= 11 is 3.33. The molecular formula is C11H15BrN4O. The number of piperidine rings is 1. The van der Waals surface area contributed by atoms with E-state index >= 15 is 0 Å². The van der Waals surface area contributed by atoms with Crippen molar-refractivity contribution in [3.63, 3.8) is 0 Å². The van der Waals surface area contributed by atoms with Crippen molar-refractivity contribution in [2.75, 3.05) is 18.0 Å². The molecule has 1 aliphatic heterocycles. The van der Waals surface area contributed by atoms with E-state index in [-0.39, 0.29) is 5.91 Å². The van der Waals surface area contributed by atoms with Crippen LogP contribution in [0, 0.1) is 5.92 Å². The third kappa shape index (κ3) is 3.39. The quantitative estimate of drug-likeness (QED) is 0.855. The Morgan fingerprint density at radius 3 is 2.76 bits per heavy atom. The van der Waals surface area contributed by atoms with Crippen molar-refractivity contribution < 1.29 is 4.79 Å². The van der Waals surface area contributed by atoms with E-state index in [1.807, 2.05) is 6.07 Å². The topological polar surface area (TPSA) is 72.1 Å². The van der Waals surface area contributed by atoms with Crippen LogP contribution in [0.15, 0.2) is 17.0 Å². The van der Waals surface area contributed by atoms with E-state index in [1.165, 1.54) is 0 Å². The van der Waals surface area contributed by atoms with Crippen LogP contribution in [0.4, 0.5) is 5.82 Å². The van der Waals surface area contributed by atoms with Gasteiger partial charge in [-0.05, 0) is 34.7 Å². The van der Waals surface area contributed by atoms with Crippen LogP contribution in [0.25, 0.3) is 0 Å². The van der Waals surface area contributed by atoms with Gasteiger partial charge in [0.2, 0.25) is 5.91 Å². The first-order valence-corrected chi connectivity index (χ1v) is 6.45. The molecule has 1 saturated heterocycles. The molecular weight excluding hydrogens is 284 g/mol. The molecule has 0 aliphatic carbocycles. The van der Waals surface area contributed by atoms with Gasteiger partial charge in [0.1, 0.15) is 16.7 Å². The highest BCUT2D eigenvalue weighted by atomic mass is 79.9. The molecule has 0 atom stereocenters. The van der Waals surface area contributed by atoms with E-state index in [4.69, 9.17) is 5.73 Å². The fourth-order valence-corrected chi connectivity index (χ4v) is 2.44. The van der Waals surface area contributed by atoms with Gasteiger partial charge < -0.3 is 10.6 Å². The standard InChI is InChI=1S/C11H15BrN4O/c12-9-6-11(15-7-14-9)16-3-1-8(2-4-16)5-10(13)17/h6-8H,1-5H2,(H2,13,17). The van der Waals surface area contributed by atoms with E-state index in [0.29, 0.717) is 12.3 Å². The third-order valence-electron chi connectivity index (χ3n) is 3.05. The first kappa shape index (κ1) is 12.3. The Kier molecular flexibility index (Phi) is 3.93. The van der Waals surface area contributed by atoms with Crippen LogP contribution in [0.1, 0.15) is 19.3 Å². The highest BCUT2D eigenvalue weighted by molar-refractivity contribution is 9.10. The summed E-state index contributed by atoms with van der Waals surface area (Å²) in [7, 11) is 0. The first-order chi connectivity index (χ1) is 8.15. The van der Waals surface area contributed by atoms with Gasteiger partial charge in [0.15, 0.2) is 0 Å². The zero-order chi connectivity index (χ0) is 12.3. The molecule has 2 heterocycles. The molecule has 2 rings (SSSR count). The van der Waals surface area contributed by atoms with Crippen molar-refractivity contribution in [2.24, 2.45) is 11.7 Å². The lowest BCUT2D eigenvalue weighted by Crippen LogP contribution is -2.35. The maximum atomic E-state index is 10.8. The van der Waals surface area contributed by atoms with Crippen LogP contribution in [0.5, 0.6) is 0 Å². The second-order valence-electron chi connectivity index (χ2n) is 4.30. The van der Waals surface area contributed by atoms with Crippen LogP contribution >= 0.6 is 15.9 Å². The second-order valence-corrected chi connectivity index (χ2v) is 5.11. The number of amides is 1. The SMILES string of the molecule is NC(=O)CC1CCN(c2cc(Br)ncn2)CC1. The molecule has 92 valence electrons. The highest BCUT2D eigenvalue weighted by Gasteiger charge is 2.21. The van der Waals surface area contributed by atoms with E-state index < -0.39 is 0 Å². The molecule has 0 spiro atoms. The van der Waals surface area contributed by atoms with Gasteiger partial charge in [-0.3, -0.25) is 4.79 Å². The number of hydrogen-bond donors (Lipinski definition) is 1. The molecule has 0 radical (unpaired) electrons. The van der Waals surface area contributed by atoms with Gasteiger partial charge in [-0.25, -0.2) is 9.97 Å². The maximum Gasteiger partial charge on any atom is 0.217 e. The summed E-state index contributed by atoms with van der Waals surface area (Å²) in [5.74, 6) is 1.16. The molecule has 2 N–H and O–H groups in total. The average Bonchev–Trinajstić information content (AvgIpc) is 2.29. The van der Waals surface area contributed by atoms with Crippen molar-refractivity contribution in [1.82, 2.24) is 9.97 Å². The number of nitrogens with two attached hydrogens (primary N) is 1. The van der Waals surface area contributed by atoms with Gasteiger partial charge in [0.05, 0.1) is 0 Å². The van der Waals surface area contributed by atoms with Gasteiger partial charge in [0, 0.05) is 25.6 Å². The molecule has 0 unspecified atom stereocenters. The number of carbonyl (C=O) groups excluding carboxylic acids is 1. The summed E-state index contributed by atoms with van der Waals surface area (Å²) in [4.78, 5) is 21.3. The average molecular weight is 299 g/mol. The third-order valence-corrected chi connectivity index (χ3v) is 3.48. The number of halogens is 1. The molecule has 5 nitrogen and oxygen atoms in total. The Balaban J connectivity index is 1.93. The van der Waals surface area contributed by atoms with Crippen molar-refractivity contribution in [3.05, 3.63) is 17.0 Å².